The normalized spacial score (nSPS) is 10.3. The van der Waals surface area contributed by atoms with Gasteiger partial charge in [-0.3, -0.25) is 0 Å². The third-order valence-electron chi connectivity index (χ3n) is 2.82. The molecule has 0 saturated heterocycles. The Morgan fingerprint density at radius 2 is 1.71 bits per heavy atom. The van der Waals surface area contributed by atoms with Crippen molar-refractivity contribution in [2.45, 2.75) is 33.8 Å². The molecule has 0 bridgehead atoms. The summed E-state index contributed by atoms with van der Waals surface area (Å²) >= 11 is 0. The molecule has 0 aliphatic rings. The molecule has 1 aromatic heterocycles. The molecule has 0 fully saturated rings. The summed E-state index contributed by atoms with van der Waals surface area (Å²) in [5.74, 6) is -1.22. The lowest BCUT2D eigenvalue weighted by molar-refractivity contribution is 0.0472. The highest BCUT2D eigenvalue weighted by molar-refractivity contribution is 6.02. The predicted molar refractivity (Wildman–Crippen MR) is 76.2 cm³/mol. The van der Waals surface area contributed by atoms with E-state index in [9.17, 15) is 9.59 Å². The average Bonchev–Trinajstić information content (AvgIpc) is 2.47. The van der Waals surface area contributed by atoms with Crippen molar-refractivity contribution in [3.63, 3.8) is 0 Å². The Morgan fingerprint density at radius 3 is 2.24 bits per heavy atom. The molecule has 1 heterocycles. The van der Waals surface area contributed by atoms with E-state index in [4.69, 9.17) is 14.2 Å². The largest absolute Gasteiger partial charge is 0.462 e. The number of aryl methyl sites for hydroxylation is 1. The van der Waals surface area contributed by atoms with Crippen molar-refractivity contribution < 1.29 is 23.8 Å². The van der Waals surface area contributed by atoms with E-state index >= 15 is 0 Å². The van der Waals surface area contributed by atoms with Crippen LogP contribution in [0.5, 0.6) is 0 Å². The second kappa shape index (κ2) is 8.36. The van der Waals surface area contributed by atoms with Crippen LogP contribution in [0.4, 0.5) is 0 Å². The van der Waals surface area contributed by atoms with Crippen LogP contribution in [0, 0.1) is 0 Å². The van der Waals surface area contributed by atoms with Crippen LogP contribution in [0.1, 0.15) is 52.9 Å². The summed E-state index contributed by atoms with van der Waals surface area (Å²) in [5.41, 5.74) is 1.57. The zero-order valence-corrected chi connectivity index (χ0v) is 12.9. The van der Waals surface area contributed by atoms with Gasteiger partial charge >= 0.3 is 11.9 Å². The number of esters is 2. The van der Waals surface area contributed by atoms with Crippen molar-refractivity contribution in [3.05, 3.63) is 28.6 Å². The monoisotopic (exact) mass is 295 g/mol. The van der Waals surface area contributed by atoms with Crippen LogP contribution in [0.3, 0.4) is 0 Å². The molecule has 21 heavy (non-hydrogen) atoms. The fourth-order valence-electron chi connectivity index (χ4n) is 1.88. The fraction of sp³-hybridized carbons (Fsp3) is 0.533. The van der Waals surface area contributed by atoms with Crippen LogP contribution in [-0.2, 0) is 27.2 Å². The SMILES string of the molecule is CCOC(=O)c1cc(CC)c(COC)nc1C(=O)OCC. The molecule has 0 radical (unpaired) electrons. The molecule has 0 aliphatic carbocycles. The van der Waals surface area contributed by atoms with Gasteiger partial charge in [-0.05, 0) is 31.9 Å². The summed E-state index contributed by atoms with van der Waals surface area (Å²) in [5, 5.41) is 0. The van der Waals surface area contributed by atoms with Crippen LogP contribution in [0.15, 0.2) is 6.07 Å². The lowest BCUT2D eigenvalue weighted by atomic mass is 10.1. The minimum atomic E-state index is -0.638. The summed E-state index contributed by atoms with van der Waals surface area (Å²) in [7, 11) is 1.55. The van der Waals surface area contributed by atoms with Gasteiger partial charge in [0.15, 0.2) is 5.69 Å². The molecule has 0 unspecified atom stereocenters. The van der Waals surface area contributed by atoms with Crippen LogP contribution >= 0.6 is 0 Å². The van der Waals surface area contributed by atoms with Gasteiger partial charge in [-0.25, -0.2) is 14.6 Å². The van der Waals surface area contributed by atoms with E-state index in [0.717, 1.165) is 5.56 Å². The Hall–Kier alpha value is -1.95. The van der Waals surface area contributed by atoms with E-state index in [2.05, 4.69) is 4.98 Å². The molecule has 6 nitrogen and oxygen atoms in total. The Morgan fingerprint density at radius 1 is 1.10 bits per heavy atom. The highest BCUT2D eigenvalue weighted by atomic mass is 16.5. The summed E-state index contributed by atoms with van der Waals surface area (Å²) in [6, 6.07) is 1.63. The number of pyridine rings is 1. The van der Waals surface area contributed by atoms with Crippen molar-refractivity contribution in [2.75, 3.05) is 20.3 Å². The third-order valence-corrected chi connectivity index (χ3v) is 2.82. The third kappa shape index (κ3) is 4.26. The number of ether oxygens (including phenoxy) is 3. The Balaban J connectivity index is 3.36. The van der Waals surface area contributed by atoms with Gasteiger partial charge in [-0.15, -0.1) is 0 Å². The number of nitrogens with zero attached hydrogens (tertiary/aromatic N) is 1. The Labute approximate surface area is 124 Å². The lowest BCUT2D eigenvalue weighted by Crippen LogP contribution is -2.18. The summed E-state index contributed by atoms with van der Waals surface area (Å²) < 4.78 is 15.0. The molecular weight excluding hydrogens is 274 g/mol. The summed E-state index contributed by atoms with van der Waals surface area (Å²) in [6.45, 7) is 6.03. The predicted octanol–water partition coefficient (Wildman–Crippen LogP) is 2.14. The topological polar surface area (TPSA) is 74.7 Å². The molecule has 1 rings (SSSR count). The van der Waals surface area contributed by atoms with E-state index in [1.807, 2.05) is 6.92 Å². The van der Waals surface area contributed by atoms with E-state index < -0.39 is 11.9 Å². The molecule has 1 aromatic rings. The zero-order valence-electron chi connectivity index (χ0n) is 12.9. The minimum absolute atomic E-state index is 0.0282. The van der Waals surface area contributed by atoms with E-state index in [1.165, 1.54) is 0 Å². The first-order chi connectivity index (χ1) is 10.1. The van der Waals surface area contributed by atoms with Crippen molar-refractivity contribution in [1.29, 1.82) is 0 Å². The molecule has 0 saturated carbocycles. The van der Waals surface area contributed by atoms with Crippen molar-refractivity contribution in [1.82, 2.24) is 4.98 Å². The van der Waals surface area contributed by atoms with Crippen LogP contribution < -0.4 is 0 Å². The molecule has 0 N–H and O–H groups in total. The Kier molecular flexibility index (Phi) is 6.81. The minimum Gasteiger partial charge on any atom is -0.462 e. The van der Waals surface area contributed by atoms with Crippen molar-refractivity contribution in [3.8, 4) is 0 Å². The van der Waals surface area contributed by atoms with Gasteiger partial charge in [0.2, 0.25) is 0 Å². The van der Waals surface area contributed by atoms with Gasteiger partial charge in [-0.2, -0.15) is 0 Å². The highest BCUT2D eigenvalue weighted by Crippen LogP contribution is 2.17. The second-order valence-electron chi connectivity index (χ2n) is 4.22. The van der Waals surface area contributed by atoms with Gasteiger partial charge in [-0.1, -0.05) is 6.92 Å². The quantitative estimate of drug-likeness (QED) is 0.717. The van der Waals surface area contributed by atoms with Gasteiger partial charge in [0.05, 0.1) is 31.1 Å². The van der Waals surface area contributed by atoms with E-state index in [0.29, 0.717) is 12.1 Å². The van der Waals surface area contributed by atoms with Crippen LogP contribution in [-0.4, -0.2) is 37.2 Å². The van der Waals surface area contributed by atoms with Gasteiger partial charge < -0.3 is 14.2 Å². The number of carbonyl (C=O) groups excluding carboxylic acids is 2. The summed E-state index contributed by atoms with van der Waals surface area (Å²) in [4.78, 5) is 28.3. The molecule has 0 amide bonds. The number of aromatic nitrogens is 1. The lowest BCUT2D eigenvalue weighted by Gasteiger charge is -2.13. The first-order valence-electron chi connectivity index (χ1n) is 6.94. The molecule has 6 heteroatoms. The molecular formula is C15H21NO5. The molecule has 116 valence electrons. The second-order valence-corrected chi connectivity index (χ2v) is 4.22. The number of methoxy groups -OCH3 is 1. The maximum Gasteiger partial charge on any atom is 0.357 e. The smallest absolute Gasteiger partial charge is 0.357 e. The van der Waals surface area contributed by atoms with Gasteiger partial charge in [0, 0.05) is 7.11 Å². The maximum absolute atomic E-state index is 12.0. The standard InChI is InChI=1S/C15H21NO5/c1-5-10-8-11(14(17)20-6-2)13(15(18)21-7-3)16-12(10)9-19-4/h8H,5-7,9H2,1-4H3. The van der Waals surface area contributed by atoms with Crippen molar-refractivity contribution >= 4 is 11.9 Å². The number of hydrogen-bond donors (Lipinski definition) is 0. The Bertz CT molecular complexity index is 513. The van der Waals surface area contributed by atoms with Gasteiger partial charge in [0.25, 0.3) is 0 Å². The molecule has 0 aliphatic heterocycles. The molecule has 0 spiro atoms. The number of hydrogen-bond acceptors (Lipinski definition) is 6. The molecule has 0 aromatic carbocycles. The first kappa shape index (κ1) is 17.1. The fourth-order valence-corrected chi connectivity index (χ4v) is 1.88. The van der Waals surface area contributed by atoms with E-state index in [-0.39, 0.29) is 31.1 Å². The van der Waals surface area contributed by atoms with Crippen LogP contribution in [0.2, 0.25) is 0 Å². The zero-order chi connectivity index (χ0) is 15.8. The number of carbonyl (C=O) groups is 2. The number of rotatable bonds is 7. The summed E-state index contributed by atoms with van der Waals surface area (Å²) in [6.07, 6.45) is 0.668. The maximum atomic E-state index is 12.0. The highest BCUT2D eigenvalue weighted by Gasteiger charge is 2.23. The van der Waals surface area contributed by atoms with Crippen molar-refractivity contribution in [2.24, 2.45) is 0 Å². The molecule has 0 atom stereocenters. The van der Waals surface area contributed by atoms with E-state index in [1.54, 1.807) is 27.0 Å². The van der Waals surface area contributed by atoms with Gasteiger partial charge in [0.1, 0.15) is 0 Å². The van der Waals surface area contributed by atoms with Crippen LogP contribution in [0.25, 0.3) is 0 Å². The first-order valence-corrected chi connectivity index (χ1v) is 6.94. The average molecular weight is 295 g/mol.